The molecule has 4 nitrogen and oxygen atoms in total. The lowest BCUT2D eigenvalue weighted by molar-refractivity contribution is -0.697. The van der Waals surface area contributed by atoms with Crippen molar-refractivity contribution in [2.75, 3.05) is 5.75 Å². The van der Waals surface area contributed by atoms with Gasteiger partial charge in [-0.3, -0.25) is 0 Å². The van der Waals surface area contributed by atoms with Gasteiger partial charge in [0.25, 0.3) is 0 Å². The van der Waals surface area contributed by atoms with Crippen LogP contribution in [0.1, 0.15) is 18.9 Å². The minimum Gasteiger partial charge on any atom is -0.748 e. The summed E-state index contributed by atoms with van der Waals surface area (Å²) in [7, 11) is -4.05. The second kappa shape index (κ2) is 5.43. The van der Waals surface area contributed by atoms with E-state index in [4.69, 9.17) is 0 Å². The van der Waals surface area contributed by atoms with E-state index in [1.807, 2.05) is 23.1 Å². The van der Waals surface area contributed by atoms with Gasteiger partial charge in [-0.05, 0) is 0 Å². The smallest absolute Gasteiger partial charge is 0.234 e. The van der Waals surface area contributed by atoms with Crippen LogP contribution in [0.25, 0.3) is 0 Å². The number of rotatable bonds is 4. The van der Waals surface area contributed by atoms with Gasteiger partial charge in [0.2, 0.25) is 5.01 Å². The van der Waals surface area contributed by atoms with Crippen molar-refractivity contribution in [3.8, 4) is 0 Å². The third-order valence-corrected chi connectivity index (χ3v) is 3.30. The Labute approximate surface area is 89.0 Å². The summed E-state index contributed by atoms with van der Waals surface area (Å²) >= 11 is 1.60. The molecule has 0 unspecified atom stereocenters. The van der Waals surface area contributed by atoms with E-state index in [0.29, 0.717) is 13.0 Å². The van der Waals surface area contributed by atoms with Crippen LogP contribution in [-0.2, 0) is 16.7 Å². The highest BCUT2D eigenvalue weighted by Crippen LogP contribution is 1.99. The third-order valence-electron chi connectivity index (χ3n) is 1.68. The topological polar surface area (TPSA) is 61.1 Å². The molecule has 1 rings (SSSR count). The zero-order chi connectivity index (χ0) is 9.90. The Bertz CT molecular complexity index is 370. The van der Waals surface area contributed by atoms with E-state index in [9.17, 15) is 13.0 Å². The van der Waals surface area contributed by atoms with Crippen LogP contribution in [0.3, 0.4) is 0 Å². The molecule has 1 aromatic rings. The van der Waals surface area contributed by atoms with Crippen LogP contribution in [0, 0.1) is 6.92 Å². The molecule has 0 aromatic carbocycles. The highest BCUT2D eigenvalue weighted by molar-refractivity contribution is 7.85. The molecule has 0 saturated carbocycles. The molecule has 1 aromatic heterocycles. The Kier molecular flexibility index (Phi) is 5.25. The molecule has 0 N–H and O–H groups in total. The highest BCUT2D eigenvalue weighted by atomic mass is 32.2. The number of aryl methyl sites for hydroxylation is 2. The maximum atomic E-state index is 10.3. The van der Waals surface area contributed by atoms with Crippen molar-refractivity contribution in [2.45, 2.75) is 27.3 Å². The molecular weight excluding hydrogens is 222 g/mol. The molecule has 0 saturated heterocycles. The summed E-state index contributed by atoms with van der Waals surface area (Å²) in [5.41, 5.74) is 0. The molecule has 0 aliphatic rings. The van der Waals surface area contributed by atoms with E-state index in [1.165, 1.54) is 0 Å². The molecule has 0 aliphatic heterocycles. The Hall–Kier alpha value is -0.460. The van der Waals surface area contributed by atoms with Crippen molar-refractivity contribution in [3.05, 3.63) is 16.6 Å². The maximum Gasteiger partial charge on any atom is 0.234 e. The molecule has 0 aliphatic carbocycles. The lowest BCUT2D eigenvalue weighted by atomic mass is 10.5. The zero-order valence-corrected chi connectivity index (χ0v) is 8.90. The average Bonchev–Trinajstić information content (AvgIpc) is 2.34. The van der Waals surface area contributed by atoms with Gasteiger partial charge >= 0.3 is 0 Å². The first-order valence-corrected chi connectivity index (χ1v) is 6.32. The minimum atomic E-state index is -4.05. The first-order valence-electron chi connectivity index (χ1n) is 3.86. The zero-order valence-electron chi connectivity index (χ0n) is 7.26. The van der Waals surface area contributed by atoms with Gasteiger partial charge in [-0.1, -0.05) is 18.8 Å². The predicted molar refractivity (Wildman–Crippen MR) is 55.2 cm³/mol. The third kappa shape index (κ3) is 4.69. The monoisotopic (exact) mass is 237 g/mol. The molecule has 6 heteroatoms. The van der Waals surface area contributed by atoms with Crippen molar-refractivity contribution >= 4 is 21.5 Å². The standard InChI is InChI=1S/C7H11NO3S2.CH4/c1-7-8(4-5-12-7)3-2-6-13(9,10)11;/h4-5H,2-3,6H2,1H3;1H4. The Morgan fingerprint density at radius 2 is 2.21 bits per heavy atom. The van der Waals surface area contributed by atoms with E-state index in [-0.39, 0.29) is 13.2 Å². The lowest BCUT2D eigenvalue weighted by Crippen LogP contribution is -2.34. The lowest BCUT2D eigenvalue weighted by Gasteiger charge is -2.03. The molecule has 0 amide bonds. The van der Waals surface area contributed by atoms with Crippen LogP contribution in [0.4, 0.5) is 0 Å². The van der Waals surface area contributed by atoms with Crippen LogP contribution in [0.2, 0.25) is 0 Å². The van der Waals surface area contributed by atoms with Gasteiger partial charge in [0.1, 0.15) is 6.54 Å². The molecule has 0 radical (unpaired) electrons. The minimum absolute atomic E-state index is 0. The summed E-state index contributed by atoms with van der Waals surface area (Å²) < 4.78 is 32.8. The van der Waals surface area contributed by atoms with Gasteiger partial charge in [0, 0.05) is 19.1 Å². The van der Waals surface area contributed by atoms with Gasteiger partial charge < -0.3 is 4.55 Å². The fourth-order valence-electron chi connectivity index (χ4n) is 1.02. The van der Waals surface area contributed by atoms with Crippen molar-refractivity contribution in [1.82, 2.24) is 0 Å². The molecule has 0 atom stereocenters. The summed E-state index contributed by atoms with van der Waals surface area (Å²) in [5, 5.41) is 3.05. The summed E-state index contributed by atoms with van der Waals surface area (Å²) in [4.78, 5) is 0. The van der Waals surface area contributed by atoms with Crippen LogP contribution in [0.5, 0.6) is 0 Å². The second-order valence-corrected chi connectivity index (χ2v) is 5.35. The number of nitrogens with zero attached hydrogens (tertiary/aromatic N) is 1. The van der Waals surface area contributed by atoms with E-state index in [0.717, 1.165) is 5.01 Å². The summed E-state index contributed by atoms with van der Waals surface area (Å²) in [6.45, 7) is 2.55. The van der Waals surface area contributed by atoms with Crippen molar-refractivity contribution < 1.29 is 17.5 Å². The van der Waals surface area contributed by atoms with Crippen LogP contribution >= 0.6 is 11.3 Å². The number of thiazole rings is 1. The first-order chi connectivity index (χ1) is 5.99. The van der Waals surface area contributed by atoms with E-state index in [2.05, 4.69) is 0 Å². The van der Waals surface area contributed by atoms with E-state index >= 15 is 0 Å². The van der Waals surface area contributed by atoms with Gasteiger partial charge in [-0.2, -0.15) is 4.57 Å². The van der Waals surface area contributed by atoms with Crippen LogP contribution in [-0.4, -0.2) is 18.7 Å². The Morgan fingerprint density at radius 3 is 2.64 bits per heavy atom. The molecule has 0 bridgehead atoms. The van der Waals surface area contributed by atoms with Crippen molar-refractivity contribution in [2.24, 2.45) is 0 Å². The van der Waals surface area contributed by atoms with E-state index in [1.54, 1.807) is 11.3 Å². The molecule has 82 valence electrons. The average molecular weight is 237 g/mol. The number of hydrogen-bond acceptors (Lipinski definition) is 4. The molecule has 14 heavy (non-hydrogen) atoms. The van der Waals surface area contributed by atoms with Gasteiger partial charge in [-0.15, -0.1) is 0 Å². The van der Waals surface area contributed by atoms with E-state index < -0.39 is 10.1 Å². The Balaban J connectivity index is 0.00000169. The van der Waals surface area contributed by atoms with Gasteiger partial charge in [-0.25, -0.2) is 8.42 Å². The summed E-state index contributed by atoms with van der Waals surface area (Å²) in [5.74, 6) is -0.282. The van der Waals surface area contributed by atoms with Crippen molar-refractivity contribution in [1.29, 1.82) is 0 Å². The predicted octanol–water partition coefficient (Wildman–Crippen LogP) is 0.915. The maximum absolute atomic E-state index is 10.3. The summed E-state index contributed by atoms with van der Waals surface area (Å²) in [6, 6.07) is 0. The Morgan fingerprint density at radius 1 is 1.57 bits per heavy atom. The fourth-order valence-corrected chi connectivity index (χ4v) is 2.19. The molecule has 0 spiro atoms. The second-order valence-electron chi connectivity index (χ2n) is 2.73. The summed E-state index contributed by atoms with van der Waals surface area (Å²) in [6.07, 6.45) is 2.27. The fraction of sp³-hybridized carbons (Fsp3) is 0.625. The highest BCUT2D eigenvalue weighted by Gasteiger charge is 2.07. The van der Waals surface area contributed by atoms with Gasteiger partial charge in [0.05, 0.1) is 15.5 Å². The largest absolute Gasteiger partial charge is 0.748 e. The molecular formula is C8H15NO3S2. The van der Waals surface area contributed by atoms with Crippen LogP contribution in [0.15, 0.2) is 11.6 Å². The molecule has 0 fully saturated rings. The number of aromatic nitrogens is 1. The van der Waals surface area contributed by atoms with Crippen molar-refractivity contribution in [3.63, 3.8) is 0 Å². The van der Waals surface area contributed by atoms with Gasteiger partial charge in [0.15, 0.2) is 6.20 Å². The quantitative estimate of drug-likeness (QED) is 0.578. The SMILES string of the molecule is C.Cc1scc[n+]1CCCS(=O)(=O)[O-]. The normalized spacial score (nSPS) is 11.0. The van der Waals surface area contributed by atoms with Crippen LogP contribution < -0.4 is 4.57 Å². The number of hydrogen-bond donors (Lipinski definition) is 0. The molecule has 1 heterocycles. The first kappa shape index (κ1) is 13.5.